The number of benzene rings is 2. The normalized spacial score (nSPS) is 19.2. The average molecular weight is 423 g/mol. The van der Waals surface area contributed by atoms with Crippen LogP contribution in [0, 0.1) is 19.8 Å². The molecule has 0 saturated carbocycles. The van der Waals surface area contributed by atoms with Gasteiger partial charge in [0.1, 0.15) is 0 Å². The van der Waals surface area contributed by atoms with E-state index in [1.165, 1.54) is 18.2 Å². The first kappa shape index (κ1) is 20.5. The molecule has 0 radical (unpaired) electrons. The van der Waals surface area contributed by atoms with E-state index in [0.717, 1.165) is 15.4 Å². The van der Waals surface area contributed by atoms with Gasteiger partial charge in [0, 0.05) is 6.54 Å². The Labute approximate surface area is 165 Å². The summed E-state index contributed by atoms with van der Waals surface area (Å²) in [6, 6.07) is 11.6. The molecule has 1 saturated heterocycles. The van der Waals surface area contributed by atoms with E-state index < -0.39 is 31.9 Å². The number of rotatable bonds is 5. The predicted octanol–water partition coefficient (Wildman–Crippen LogP) is 2.09. The third kappa shape index (κ3) is 3.96. The SMILES string of the molecule is Cc1cccc(CNS(=O)(=O)c2ccc(N3C(=O)C(C)CS3(=O)=O)cc2C)c1. The highest BCUT2D eigenvalue weighted by Crippen LogP contribution is 2.30. The number of amides is 1. The lowest BCUT2D eigenvalue weighted by Crippen LogP contribution is -2.30. The van der Waals surface area contributed by atoms with Gasteiger partial charge in [0.15, 0.2) is 0 Å². The molecule has 1 atom stereocenters. The van der Waals surface area contributed by atoms with Gasteiger partial charge in [0.05, 0.1) is 22.3 Å². The summed E-state index contributed by atoms with van der Waals surface area (Å²) in [6.45, 7) is 5.19. The molecular weight excluding hydrogens is 400 g/mol. The van der Waals surface area contributed by atoms with Gasteiger partial charge in [0.25, 0.3) is 0 Å². The highest BCUT2D eigenvalue weighted by Gasteiger charge is 2.42. The van der Waals surface area contributed by atoms with E-state index in [1.54, 1.807) is 13.8 Å². The van der Waals surface area contributed by atoms with Gasteiger partial charge in [-0.25, -0.2) is 25.9 Å². The molecule has 0 aromatic heterocycles. The van der Waals surface area contributed by atoms with Crippen molar-refractivity contribution in [3.05, 3.63) is 59.2 Å². The molecule has 28 heavy (non-hydrogen) atoms. The van der Waals surface area contributed by atoms with Crippen LogP contribution in [0.25, 0.3) is 0 Å². The van der Waals surface area contributed by atoms with Crippen molar-refractivity contribution >= 4 is 31.6 Å². The highest BCUT2D eigenvalue weighted by molar-refractivity contribution is 7.94. The van der Waals surface area contributed by atoms with Gasteiger partial charge in [-0.05, 0) is 43.2 Å². The monoisotopic (exact) mass is 422 g/mol. The van der Waals surface area contributed by atoms with Crippen molar-refractivity contribution in [2.24, 2.45) is 5.92 Å². The quantitative estimate of drug-likeness (QED) is 0.795. The molecule has 1 amide bonds. The van der Waals surface area contributed by atoms with Crippen LogP contribution in [0.3, 0.4) is 0 Å². The summed E-state index contributed by atoms with van der Waals surface area (Å²) >= 11 is 0. The van der Waals surface area contributed by atoms with Crippen molar-refractivity contribution in [1.29, 1.82) is 0 Å². The number of carbonyl (C=O) groups excluding carboxylic acids is 1. The second kappa shape index (κ2) is 7.31. The van der Waals surface area contributed by atoms with E-state index in [-0.39, 0.29) is 22.9 Å². The molecule has 1 aliphatic rings. The summed E-state index contributed by atoms with van der Waals surface area (Å²) in [6.07, 6.45) is 0. The summed E-state index contributed by atoms with van der Waals surface area (Å²) in [5.74, 6) is -1.37. The fourth-order valence-electron chi connectivity index (χ4n) is 3.23. The Bertz CT molecular complexity index is 1140. The molecule has 3 rings (SSSR count). The minimum atomic E-state index is -3.80. The molecule has 2 aromatic rings. The number of sulfonamides is 2. The molecule has 7 nitrogen and oxygen atoms in total. The van der Waals surface area contributed by atoms with Crippen molar-refractivity contribution in [3.63, 3.8) is 0 Å². The van der Waals surface area contributed by atoms with Crippen LogP contribution in [-0.4, -0.2) is 28.5 Å². The van der Waals surface area contributed by atoms with Crippen LogP contribution in [0.15, 0.2) is 47.4 Å². The molecule has 150 valence electrons. The van der Waals surface area contributed by atoms with Gasteiger partial charge < -0.3 is 0 Å². The first-order valence-corrected chi connectivity index (χ1v) is 11.8. The number of aryl methyl sites for hydroxylation is 2. The summed E-state index contributed by atoms with van der Waals surface area (Å²) in [5, 5.41) is 0. The molecule has 1 unspecified atom stereocenters. The second-order valence-corrected chi connectivity index (χ2v) is 10.6. The fraction of sp³-hybridized carbons (Fsp3) is 0.316. The minimum Gasteiger partial charge on any atom is -0.273 e. The molecule has 0 aliphatic carbocycles. The summed E-state index contributed by atoms with van der Waals surface area (Å²) < 4.78 is 53.1. The lowest BCUT2D eigenvalue weighted by molar-refractivity contribution is -0.119. The summed E-state index contributed by atoms with van der Waals surface area (Å²) in [5.41, 5.74) is 2.38. The molecule has 0 spiro atoms. The fourth-order valence-corrected chi connectivity index (χ4v) is 6.28. The van der Waals surface area contributed by atoms with E-state index in [2.05, 4.69) is 4.72 Å². The van der Waals surface area contributed by atoms with Gasteiger partial charge in [-0.1, -0.05) is 36.8 Å². The number of nitrogens with one attached hydrogen (secondary N) is 1. The predicted molar refractivity (Wildman–Crippen MR) is 107 cm³/mol. The van der Waals surface area contributed by atoms with E-state index >= 15 is 0 Å². The molecule has 2 aromatic carbocycles. The Hall–Kier alpha value is -2.23. The largest absolute Gasteiger partial charge is 0.273 e. The average Bonchev–Trinajstić information content (AvgIpc) is 2.80. The van der Waals surface area contributed by atoms with Gasteiger partial charge in [-0.2, -0.15) is 0 Å². The number of hydrogen-bond acceptors (Lipinski definition) is 5. The third-order valence-electron chi connectivity index (χ3n) is 4.59. The Morgan fingerprint density at radius 2 is 1.86 bits per heavy atom. The molecule has 9 heteroatoms. The van der Waals surface area contributed by atoms with Crippen LogP contribution in [0.5, 0.6) is 0 Å². The van der Waals surface area contributed by atoms with Gasteiger partial charge in [-0.3, -0.25) is 4.79 Å². The van der Waals surface area contributed by atoms with Crippen LogP contribution < -0.4 is 9.03 Å². The van der Waals surface area contributed by atoms with Crippen LogP contribution >= 0.6 is 0 Å². The second-order valence-electron chi connectivity index (χ2n) is 7.05. The Morgan fingerprint density at radius 3 is 2.43 bits per heavy atom. The Kier molecular flexibility index (Phi) is 5.35. The maximum absolute atomic E-state index is 12.7. The first-order valence-electron chi connectivity index (χ1n) is 8.74. The Morgan fingerprint density at radius 1 is 1.14 bits per heavy atom. The van der Waals surface area contributed by atoms with E-state index in [9.17, 15) is 21.6 Å². The van der Waals surface area contributed by atoms with Crippen LogP contribution in [0.4, 0.5) is 5.69 Å². The van der Waals surface area contributed by atoms with Crippen LogP contribution in [-0.2, 0) is 31.4 Å². The summed E-state index contributed by atoms with van der Waals surface area (Å²) in [7, 11) is -7.53. The number of carbonyl (C=O) groups is 1. The first-order chi connectivity index (χ1) is 13.0. The minimum absolute atomic E-state index is 0.0426. The molecule has 1 fully saturated rings. The number of anilines is 1. The molecule has 1 aliphatic heterocycles. The highest BCUT2D eigenvalue weighted by atomic mass is 32.2. The van der Waals surface area contributed by atoms with Gasteiger partial charge in [0.2, 0.25) is 26.0 Å². The van der Waals surface area contributed by atoms with Gasteiger partial charge >= 0.3 is 0 Å². The topological polar surface area (TPSA) is 101 Å². The van der Waals surface area contributed by atoms with Crippen molar-refractivity contribution in [3.8, 4) is 0 Å². The zero-order valence-corrected chi connectivity index (χ0v) is 17.5. The van der Waals surface area contributed by atoms with E-state index in [1.807, 2.05) is 31.2 Å². The number of hydrogen-bond donors (Lipinski definition) is 1. The molecule has 1 N–H and O–H groups in total. The summed E-state index contributed by atoms with van der Waals surface area (Å²) in [4.78, 5) is 12.3. The number of nitrogens with zero attached hydrogens (tertiary/aromatic N) is 1. The third-order valence-corrected chi connectivity index (χ3v) is 8.02. The van der Waals surface area contributed by atoms with Crippen LogP contribution in [0.2, 0.25) is 0 Å². The maximum atomic E-state index is 12.7. The standard InChI is InChI=1S/C19H22N2O5S2/c1-13-5-4-6-16(9-13)11-20-28(25,26)18-8-7-17(10-14(18)2)21-19(22)15(3)12-27(21,23)24/h4-10,15,20H,11-12H2,1-3H3. The maximum Gasteiger partial charge on any atom is 0.244 e. The van der Waals surface area contributed by atoms with E-state index in [4.69, 9.17) is 0 Å². The molecule has 0 bridgehead atoms. The molecule has 1 heterocycles. The molecular formula is C19H22N2O5S2. The van der Waals surface area contributed by atoms with Crippen molar-refractivity contribution in [2.75, 3.05) is 10.1 Å². The smallest absolute Gasteiger partial charge is 0.244 e. The van der Waals surface area contributed by atoms with Crippen molar-refractivity contribution < 1.29 is 21.6 Å². The van der Waals surface area contributed by atoms with Crippen molar-refractivity contribution in [1.82, 2.24) is 4.72 Å². The van der Waals surface area contributed by atoms with E-state index in [0.29, 0.717) is 5.56 Å². The zero-order chi connectivity index (χ0) is 20.7. The lowest BCUT2D eigenvalue weighted by Gasteiger charge is -2.17. The Balaban J connectivity index is 1.86. The van der Waals surface area contributed by atoms with Gasteiger partial charge in [-0.15, -0.1) is 0 Å². The van der Waals surface area contributed by atoms with Crippen LogP contribution in [0.1, 0.15) is 23.6 Å². The van der Waals surface area contributed by atoms with Crippen molar-refractivity contribution in [2.45, 2.75) is 32.2 Å². The zero-order valence-electron chi connectivity index (χ0n) is 15.8. The lowest BCUT2D eigenvalue weighted by atomic mass is 10.1.